The van der Waals surface area contributed by atoms with Crippen molar-refractivity contribution in [3.8, 4) is 0 Å². The molecule has 0 aromatic carbocycles. The highest BCUT2D eigenvalue weighted by Crippen LogP contribution is 2.30. The van der Waals surface area contributed by atoms with Gasteiger partial charge in [0.05, 0.1) is 12.6 Å². The second kappa shape index (κ2) is 5.27. The highest BCUT2D eigenvalue weighted by molar-refractivity contribution is 7.99. The molecule has 0 bridgehead atoms. The zero-order chi connectivity index (χ0) is 11.5. The molecule has 16 heavy (non-hydrogen) atoms. The number of guanidine groups is 1. The first-order valence-electron chi connectivity index (χ1n) is 5.97. The molecule has 4 nitrogen and oxygen atoms in total. The van der Waals surface area contributed by atoms with E-state index < -0.39 is 0 Å². The topological polar surface area (TPSA) is 44.9 Å². The molecular formula is C11H22N4S. The summed E-state index contributed by atoms with van der Waals surface area (Å²) in [7, 11) is 4.20. The van der Waals surface area contributed by atoms with Crippen LogP contribution in [-0.2, 0) is 0 Å². The van der Waals surface area contributed by atoms with Gasteiger partial charge < -0.3 is 15.5 Å². The van der Waals surface area contributed by atoms with Gasteiger partial charge in [-0.3, -0.25) is 4.99 Å². The number of rotatable bonds is 4. The van der Waals surface area contributed by atoms with Gasteiger partial charge in [0.1, 0.15) is 0 Å². The molecule has 2 aliphatic heterocycles. The van der Waals surface area contributed by atoms with Crippen LogP contribution in [0.5, 0.6) is 0 Å². The van der Waals surface area contributed by atoms with Crippen molar-refractivity contribution >= 4 is 17.7 Å². The SMILES string of the molecule is CN(C)CCN1C(N)=NCC1C1CCSC1. The first-order valence-corrected chi connectivity index (χ1v) is 7.13. The minimum absolute atomic E-state index is 0.565. The maximum atomic E-state index is 5.97. The summed E-state index contributed by atoms with van der Waals surface area (Å²) in [5.41, 5.74) is 5.97. The summed E-state index contributed by atoms with van der Waals surface area (Å²) in [6, 6.07) is 0.565. The Morgan fingerprint density at radius 2 is 2.38 bits per heavy atom. The molecule has 2 atom stereocenters. The van der Waals surface area contributed by atoms with Crippen LogP contribution >= 0.6 is 11.8 Å². The summed E-state index contributed by atoms with van der Waals surface area (Å²) < 4.78 is 0. The van der Waals surface area contributed by atoms with Crippen molar-refractivity contribution < 1.29 is 0 Å². The van der Waals surface area contributed by atoms with Gasteiger partial charge in [-0.25, -0.2) is 0 Å². The smallest absolute Gasteiger partial charge is 0.191 e. The first kappa shape index (κ1) is 12.0. The van der Waals surface area contributed by atoms with Crippen LogP contribution in [0.15, 0.2) is 4.99 Å². The van der Waals surface area contributed by atoms with Crippen LogP contribution in [0.25, 0.3) is 0 Å². The van der Waals surface area contributed by atoms with Gasteiger partial charge in [-0.05, 0) is 37.9 Å². The summed E-state index contributed by atoms with van der Waals surface area (Å²) in [4.78, 5) is 8.93. The fourth-order valence-electron chi connectivity index (χ4n) is 2.39. The second-order valence-electron chi connectivity index (χ2n) is 4.89. The van der Waals surface area contributed by atoms with E-state index in [1.807, 2.05) is 0 Å². The van der Waals surface area contributed by atoms with Crippen molar-refractivity contribution in [1.29, 1.82) is 0 Å². The Labute approximate surface area is 102 Å². The molecule has 2 unspecified atom stereocenters. The molecule has 92 valence electrons. The van der Waals surface area contributed by atoms with Gasteiger partial charge in [0.25, 0.3) is 0 Å². The molecule has 0 spiro atoms. The number of hydrogen-bond donors (Lipinski definition) is 1. The third-order valence-corrected chi connectivity index (χ3v) is 4.62. The number of nitrogens with zero attached hydrogens (tertiary/aromatic N) is 3. The minimum atomic E-state index is 0.565. The number of thioether (sulfide) groups is 1. The zero-order valence-electron chi connectivity index (χ0n) is 10.2. The lowest BCUT2D eigenvalue weighted by Crippen LogP contribution is -2.47. The molecule has 0 radical (unpaired) electrons. The number of hydrogen-bond acceptors (Lipinski definition) is 5. The van der Waals surface area contributed by atoms with Crippen LogP contribution in [0.3, 0.4) is 0 Å². The zero-order valence-corrected chi connectivity index (χ0v) is 11.0. The third kappa shape index (κ3) is 2.63. The van der Waals surface area contributed by atoms with Crippen LogP contribution in [-0.4, -0.2) is 67.0 Å². The molecule has 1 fully saturated rings. The van der Waals surface area contributed by atoms with Crippen molar-refractivity contribution in [2.45, 2.75) is 12.5 Å². The van der Waals surface area contributed by atoms with E-state index in [4.69, 9.17) is 5.73 Å². The Morgan fingerprint density at radius 1 is 1.56 bits per heavy atom. The average Bonchev–Trinajstić information content (AvgIpc) is 2.83. The highest BCUT2D eigenvalue weighted by atomic mass is 32.2. The van der Waals surface area contributed by atoms with E-state index >= 15 is 0 Å². The molecule has 2 heterocycles. The molecule has 2 N–H and O–H groups in total. The van der Waals surface area contributed by atoms with Crippen molar-refractivity contribution in [3.05, 3.63) is 0 Å². The van der Waals surface area contributed by atoms with E-state index in [1.54, 1.807) is 0 Å². The maximum absolute atomic E-state index is 5.97. The number of nitrogens with two attached hydrogens (primary N) is 1. The Balaban J connectivity index is 1.92. The Kier molecular flexibility index (Phi) is 3.97. The number of likely N-dealkylation sites (N-methyl/N-ethyl adjacent to an activating group) is 1. The van der Waals surface area contributed by atoms with Crippen molar-refractivity contribution in [1.82, 2.24) is 9.80 Å². The van der Waals surface area contributed by atoms with Crippen LogP contribution in [0.1, 0.15) is 6.42 Å². The van der Waals surface area contributed by atoms with Crippen LogP contribution in [0, 0.1) is 5.92 Å². The van der Waals surface area contributed by atoms with Crippen LogP contribution in [0.2, 0.25) is 0 Å². The summed E-state index contributed by atoms with van der Waals surface area (Å²) in [5, 5.41) is 0. The molecule has 5 heteroatoms. The van der Waals surface area contributed by atoms with Crippen molar-refractivity contribution in [3.63, 3.8) is 0 Å². The fourth-order valence-corrected chi connectivity index (χ4v) is 3.72. The minimum Gasteiger partial charge on any atom is -0.370 e. The molecule has 0 saturated carbocycles. The van der Waals surface area contributed by atoms with Gasteiger partial charge in [-0.1, -0.05) is 0 Å². The quantitative estimate of drug-likeness (QED) is 0.770. The first-order chi connectivity index (χ1) is 7.68. The predicted molar refractivity (Wildman–Crippen MR) is 71.0 cm³/mol. The maximum Gasteiger partial charge on any atom is 0.191 e. The summed E-state index contributed by atoms with van der Waals surface area (Å²) >= 11 is 2.07. The normalized spacial score (nSPS) is 30.2. The van der Waals surface area contributed by atoms with Gasteiger partial charge >= 0.3 is 0 Å². The lowest BCUT2D eigenvalue weighted by Gasteiger charge is -2.31. The average molecular weight is 242 g/mol. The lowest BCUT2D eigenvalue weighted by molar-refractivity contribution is 0.241. The van der Waals surface area contributed by atoms with Crippen LogP contribution in [0.4, 0.5) is 0 Å². The summed E-state index contributed by atoms with van der Waals surface area (Å²) in [6.07, 6.45) is 1.33. The fraction of sp³-hybridized carbons (Fsp3) is 0.909. The number of aliphatic imine (C=N–C) groups is 1. The van der Waals surface area contributed by atoms with Gasteiger partial charge in [0.15, 0.2) is 5.96 Å². The molecule has 0 aromatic rings. The van der Waals surface area contributed by atoms with Crippen LogP contribution < -0.4 is 5.73 Å². The Hall–Kier alpha value is -0.420. The van der Waals surface area contributed by atoms with E-state index in [0.29, 0.717) is 6.04 Å². The Bertz CT molecular complexity index is 261. The van der Waals surface area contributed by atoms with Crippen molar-refractivity contribution in [2.24, 2.45) is 16.6 Å². The van der Waals surface area contributed by atoms with Gasteiger partial charge in [-0.15, -0.1) is 0 Å². The van der Waals surface area contributed by atoms with E-state index in [1.165, 1.54) is 17.9 Å². The van der Waals surface area contributed by atoms with E-state index in [2.05, 4.69) is 40.6 Å². The lowest BCUT2D eigenvalue weighted by atomic mass is 9.98. The molecule has 2 rings (SSSR count). The van der Waals surface area contributed by atoms with E-state index in [9.17, 15) is 0 Å². The molecule has 0 amide bonds. The van der Waals surface area contributed by atoms with Gasteiger partial charge in [-0.2, -0.15) is 11.8 Å². The largest absolute Gasteiger partial charge is 0.370 e. The molecule has 2 aliphatic rings. The van der Waals surface area contributed by atoms with E-state index in [-0.39, 0.29) is 0 Å². The summed E-state index contributed by atoms with van der Waals surface area (Å²) in [5.74, 6) is 4.13. The van der Waals surface area contributed by atoms with E-state index in [0.717, 1.165) is 31.5 Å². The second-order valence-corrected chi connectivity index (χ2v) is 6.04. The van der Waals surface area contributed by atoms with Gasteiger partial charge in [0.2, 0.25) is 0 Å². The molecule has 1 saturated heterocycles. The van der Waals surface area contributed by atoms with Crippen molar-refractivity contribution in [2.75, 3.05) is 45.2 Å². The highest BCUT2D eigenvalue weighted by Gasteiger charge is 2.34. The standard InChI is InChI=1S/C11H22N4S/c1-14(2)4-5-15-10(7-13-11(15)12)9-3-6-16-8-9/h9-10H,3-8H2,1-2H3,(H2,12,13). The van der Waals surface area contributed by atoms with Gasteiger partial charge in [0, 0.05) is 13.1 Å². The monoisotopic (exact) mass is 242 g/mol. The summed E-state index contributed by atoms with van der Waals surface area (Å²) in [6.45, 7) is 2.96. The molecule has 0 aromatic heterocycles. The predicted octanol–water partition coefficient (Wildman–Crippen LogP) is 0.300. The Morgan fingerprint density at radius 3 is 3.00 bits per heavy atom. The third-order valence-electron chi connectivity index (χ3n) is 3.43. The molecular weight excluding hydrogens is 220 g/mol. The molecule has 0 aliphatic carbocycles.